The van der Waals surface area contributed by atoms with Crippen LogP contribution in [0.15, 0.2) is 23.4 Å². The smallest absolute Gasteiger partial charge is 0.257 e. The molecule has 1 rings (SSSR count). The first-order chi connectivity index (χ1) is 8.86. The van der Waals surface area contributed by atoms with E-state index in [9.17, 15) is 14.3 Å². The molecule has 0 aliphatic carbocycles. The zero-order valence-electron chi connectivity index (χ0n) is 10.7. The monoisotopic (exact) mass is 269 g/mol. The van der Waals surface area contributed by atoms with Crippen LogP contribution in [-0.4, -0.2) is 40.0 Å². The average molecular weight is 269 g/mol. The van der Waals surface area contributed by atoms with Gasteiger partial charge < -0.3 is 20.9 Å². The summed E-state index contributed by atoms with van der Waals surface area (Å²) in [6.45, 7) is 1.69. The minimum absolute atomic E-state index is 0.0179. The molecule has 0 aliphatic heterocycles. The highest BCUT2D eigenvalue weighted by molar-refractivity contribution is 5.97. The molecule has 1 atom stereocenters. The number of hydrogen-bond acceptors (Lipinski definition) is 4. The zero-order valence-corrected chi connectivity index (χ0v) is 10.7. The van der Waals surface area contributed by atoms with Crippen LogP contribution in [0.2, 0.25) is 0 Å². The molecule has 0 aromatic heterocycles. The van der Waals surface area contributed by atoms with E-state index in [0.717, 1.165) is 18.2 Å². The lowest BCUT2D eigenvalue weighted by Gasteiger charge is -2.24. The molecule has 4 N–H and O–H groups in total. The molecule has 1 unspecified atom stereocenters. The Morgan fingerprint density at radius 3 is 2.79 bits per heavy atom. The van der Waals surface area contributed by atoms with E-state index >= 15 is 0 Å². The van der Waals surface area contributed by atoms with Gasteiger partial charge in [-0.2, -0.15) is 0 Å². The molecule has 19 heavy (non-hydrogen) atoms. The first kappa shape index (κ1) is 14.7. The van der Waals surface area contributed by atoms with E-state index in [-0.39, 0.29) is 29.6 Å². The van der Waals surface area contributed by atoms with Crippen LogP contribution in [0.3, 0.4) is 0 Å². The van der Waals surface area contributed by atoms with Crippen LogP contribution in [-0.2, 0) is 0 Å². The summed E-state index contributed by atoms with van der Waals surface area (Å²) in [5.74, 6) is -1.47. The van der Waals surface area contributed by atoms with Gasteiger partial charge in [0, 0.05) is 19.5 Å². The number of phenolic OH excluding ortho intramolecular Hbond substituents is 1. The predicted octanol–water partition coefficient (Wildman–Crippen LogP) is 1.13. The number of oxime groups is 1. The Kier molecular flexibility index (Phi) is 4.68. The molecule has 0 fully saturated rings. The van der Waals surface area contributed by atoms with Crippen LogP contribution in [0, 0.1) is 5.82 Å². The number of amidine groups is 1. The second-order valence-corrected chi connectivity index (χ2v) is 4.22. The van der Waals surface area contributed by atoms with Gasteiger partial charge in [-0.1, -0.05) is 5.16 Å². The lowest BCUT2D eigenvalue weighted by atomic mass is 10.1. The van der Waals surface area contributed by atoms with Crippen molar-refractivity contribution in [1.82, 2.24) is 4.90 Å². The van der Waals surface area contributed by atoms with Crippen molar-refractivity contribution in [3.63, 3.8) is 0 Å². The predicted molar refractivity (Wildman–Crippen MR) is 67.6 cm³/mol. The quantitative estimate of drug-likeness (QED) is 0.330. The summed E-state index contributed by atoms with van der Waals surface area (Å²) in [5.41, 5.74) is 5.23. The van der Waals surface area contributed by atoms with Gasteiger partial charge in [-0.05, 0) is 25.1 Å². The summed E-state index contributed by atoms with van der Waals surface area (Å²) in [6, 6.07) is 2.77. The van der Waals surface area contributed by atoms with E-state index in [4.69, 9.17) is 10.9 Å². The van der Waals surface area contributed by atoms with Gasteiger partial charge in [0.05, 0.1) is 5.56 Å². The normalized spacial score (nSPS) is 13.1. The number of hydrogen-bond donors (Lipinski definition) is 3. The van der Waals surface area contributed by atoms with E-state index < -0.39 is 11.7 Å². The first-order valence-corrected chi connectivity index (χ1v) is 5.59. The van der Waals surface area contributed by atoms with E-state index in [2.05, 4.69) is 5.16 Å². The van der Waals surface area contributed by atoms with Crippen molar-refractivity contribution in [3.05, 3.63) is 29.6 Å². The number of amides is 1. The van der Waals surface area contributed by atoms with Gasteiger partial charge in [-0.25, -0.2) is 4.39 Å². The molecule has 0 spiro atoms. The standard InChI is InChI=1S/C12H16FN3O3/c1-7(5-11(14)15-19)16(2)12(18)9-6-8(13)3-4-10(9)17/h3-4,6-7,17,19H,5H2,1-2H3,(H2,14,15). The van der Waals surface area contributed by atoms with Crippen molar-refractivity contribution >= 4 is 11.7 Å². The van der Waals surface area contributed by atoms with Crippen molar-refractivity contribution in [3.8, 4) is 5.75 Å². The van der Waals surface area contributed by atoms with Crippen molar-refractivity contribution < 1.29 is 19.5 Å². The largest absolute Gasteiger partial charge is 0.507 e. The third kappa shape index (κ3) is 3.57. The number of phenols is 1. The number of nitrogens with zero attached hydrogens (tertiary/aromatic N) is 2. The molecule has 6 nitrogen and oxygen atoms in total. The Morgan fingerprint density at radius 2 is 2.21 bits per heavy atom. The molecule has 0 saturated carbocycles. The fourth-order valence-corrected chi connectivity index (χ4v) is 1.55. The molecule has 104 valence electrons. The fourth-order valence-electron chi connectivity index (χ4n) is 1.55. The first-order valence-electron chi connectivity index (χ1n) is 5.59. The Hall–Kier alpha value is -2.31. The van der Waals surface area contributed by atoms with Gasteiger partial charge in [0.25, 0.3) is 5.91 Å². The lowest BCUT2D eigenvalue weighted by molar-refractivity contribution is 0.0743. The molecule has 1 amide bonds. The Morgan fingerprint density at radius 1 is 1.58 bits per heavy atom. The molecule has 0 heterocycles. The minimum atomic E-state index is -0.612. The zero-order chi connectivity index (χ0) is 14.6. The Balaban J connectivity index is 2.90. The van der Waals surface area contributed by atoms with Crippen LogP contribution in [0.1, 0.15) is 23.7 Å². The van der Waals surface area contributed by atoms with Crippen LogP contribution >= 0.6 is 0 Å². The molecule has 7 heteroatoms. The molecular weight excluding hydrogens is 253 g/mol. The van der Waals surface area contributed by atoms with Crippen molar-refractivity contribution in [2.24, 2.45) is 10.9 Å². The molecule has 0 radical (unpaired) electrons. The van der Waals surface area contributed by atoms with Crippen LogP contribution in [0.4, 0.5) is 4.39 Å². The topological polar surface area (TPSA) is 99.2 Å². The third-order valence-electron chi connectivity index (χ3n) is 2.80. The summed E-state index contributed by atoms with van der Waals surface area (Å²) >= 11 is 0. The SMILES string of the molecule is CC(C/C(N)=N/O)N(C)C(=O)c1cc(F)ccc1O. The van der Waals surface area contributed by atoms with Crippen LogP contribution in [0.25, 0.3) is 0 Å². The summed E-state index contributed by atoms with van der Waals surface area (Å²) in [6.07, 6.45) is 0.162. The second-order valence-electron chi connectivity index (χ2n) is 4.22. The Labute approximate surface area is 109 Å². The summed E-state index contributed by atoms with van der Waals surface area (Å²) in [7, 11) is 1.49. The van der Waals surface area contributed by atoms with Crippen molar-refractivity contribution in [2.45, 2.75) is 19.4 Å². The number of carbonyl (C=O) groups is 1. The average Bonchev–Trinajstić information content (AvgIpc) is 2.39. The highest BCUT2D eigenvalue weighted by atomic mass is 19.1. The molecular formula is C12H16FN3O3. The second kappa shape index (κ2) is 6.03. The van der Waals surface area contributed by atoms with Gasteiger partial charge in [-0.3, -0.25) is 4.79 Å². The number of benzene rings is 1. The van der Waals surface area contributed by atoms with E-state index in [1.807, 2.05) is 0 Å². The number of carbonyl (C=O) groups excluding carboxylic acids is 1. The van der Waals surface area contributed by atoms with Crippen molar-refractivity contribution in [2.75, 3.05) is 7.05 Å². The molecule has 0 saturated heterocycles. The summed E-state index contributed by atoms with van der Waals surface area (Å²) in [5, 5.41) is 20.9. The highest BCUT2D eigenvalue weighted by Gasteiger charge is 2.21. The third-order valence-corrected chi connectivity index (χ3v) is 2.80. The van der Waals surface area contributed by atoms with Gasteiger partial charge in [-0.15, -0.1) is 0 Å². The van der Waals surface area contributed by atoms with E-state index in [1.165, 1.54) is 11.9 Å². The lowest BCUT2D eigenvalue weighted by Crippen LogP contribution is -2.37. The van der Waals surface area contributed by atoms with Crippen LogP contribution < -0.4 is 5.73 Å². The van der Waals surface area contributed by atoms with Gasteiger partial charge >= 0.3 is 0 Å². The summed E-state index contributed by atoms with van der Waals surface area (Å²) < 4.78 is 13.1. The Bertz CT molecular complexity index is 505. The fraction of sp³-hybridized carbons (Fsp3) is 0.333. The maximum Gasteiger partial charge on any atom is 0.257 e. The van der Waals surface area contributed by atoms with Crippen molar-refractivity contribution in [1.29, 1.82) is 0 Å². The number of aromatic hydroxyl groups is 1. The van der Waals surface area contributed by atoms with Gasteiger partial charge in [0.2, 0.25) is 0 Å². The molecule has 1 aromatic carbocycles. The summed E-state index contributed by atoms with van der Waals surface area (Å²) in [4.78, 5) is 13.4. The molecule has 1 aromatic rings. The van der Waals surface area contributed by atoms with Gasteiger partial charge in [0.1, 0.15) is 17.4 Å². The maximum atomic E-state index is 13.1. The van der Waals surface area contributed by atoms with E-state index in [1.54, 1.807) is 6.92 Å². The van der Waals surface area contributed by atoms with Gasteiger partial charge in [0.15, 0.2) is 0 Å². The van der Waals surface area contributed by atoms with Crippen LogP contribution in [0.5, 0.6) is 5.75 Å². The van der Waals surface area contributed by atoms with E-state index in [0.29, 0.717) is 0 Å². The number of nitrogens with two attached hydrogens (primary N) is 1. The highest BCUT2D eigenvalue weighted by Crippen LogP contribution is 2.20. The molecule has 0 aliphatic rings. The minimum Gasteiger partial charge on any atom is -0.507 e. The number of halogens is 1. The molecule has 0 bridgehead atoms. The maximum absolute atomic E-state index is 13.1. The number of rotatable bonds is 4.